The van der Waals surface area contributed by atoms with Crippen LogP contribution in [0.1, 0.15) is 41.2 Å². The lowest BCUT2D eigenvalue weighted by atomic mass is 9.91. The molecule has 0 N–H and O–H groups in total. The van der Waals surface area contributed by atoms with Gasteiger partial charge in [0.25, 0.3) is 0 Å². The normalized spacial score (nSPS) is 11.1. The average molecular weight is 226 g/mol. The average Bonchev–Trinajstić information content (AvgIpc) is 2.28. The number of fused-ring (bicyclic) bond motifs is 1. The predicted molar refractivity (Wildman–Crippen MR) is 76.9 cm³/mol. The molecule has 0 radical (unpaired) electrons. The van der Waals surface area contributed by atoms with Crippen LogP contribution in [-0.4, -0.2) is 0 Å². The van der Waals surface area contributed by atoms with Crippen molar-refractivity contribution in [2.24, 2.45) is 0 Å². The zero-order chi connectivity index (χ0) is 12.6. The second-order valence-corrected chi connectivity index (χ2v) is 5.20. The van der Waals surface area contributed by atoms with Gasteiger partial charge >= 0.3 is 0 Å². The van der Waals surface area contributed by atoms with E-state index in [0.717, 1.165) is 0 Å². The zero-order valence-electron chi connectivity index (χ0n) is 11.6. The van der Waals surface area contributed by atoms with Crippen LogP contribution in [-0.2, 0) is 6.42 Å². The Morgan fingerprint density at radius 1 is 0.824 bits per heavy atom. The first kappa shape index (κ1) is 12.2. The molecule has 2 rings (SSSR count). The Hall–Kier alpha value is -1.30. The van der Waals surface area contributed by atoms with Gasteiger partial charge in [0.2, 0.25) is 0 Å². The minimum Gasteiger partial charge on any atom is -0.0651 e. The van der Waals surface area contributed by atoms with Crippen molar-refractivity contribution in [2.45, 2.75) is 47.5 Å². The van der Waals surface area contributed by atoms with Crippen molar-refractivity contribution in [3.63, 3.8) is 0 Å². The lowest BCUT2D eigenvalue weighted by molar-refractivity contribution is 0.918. The van der Waals surface area contributed by atoms with Gasteiger partial charge < -0.3 is 0 Å². The van der Waals surface area contributed by atoms with Gasteiger partial charge in [-0.15, -0.1) is 0 Å². The van der Waals surface area contributed by atoms with Gasteiger partial charge in [-0.25, -0.2) is 0 Å². The Bertz CT molecular complexity index is 557. The van der Waals surface area contributed by atoms with Gasteiger partial charge in [0.05, 0.1) is 0 Å². The molecule has 2 aromatic carbocycles. The van der Waals surface area contributed by atoms with E-state index in [0.29, 0.717) is 0 Å². The first-order chi connectivity index (χ1) is 8.04. The summed E-state index contributed by atoms with van der Waals surface area (Å²) in [5.74, 6) is 0. The Balaban J connectivity index is 2.83. The van der Waals surface area contributed by atoms with Gasteiger partial charge in [0, 0.05) is 0 Å². The summed E-state index contributed by atoms with van der Waals surface area (Å²) in [7, 11) is 0. The van der Waals surface area contributed by atoms with Crippen LogP contribution in [0.4, 0.5) is 0 Å². The molecule has 0 amide bonds. The first-order valence-electron chi connectivity index (χ1n) is 6.54. The van der Waals surface area contributed by atoms with E-state index in [1.54, 1.807) is 5.56 Å². The second kappa shape index (κ2) is 4.52. The molecule has 0 aliphatic heterocycles. The molecule has 0 aliphatic carbocycles. The molecule has 2 aromatic rings. The number of benzene rings is 2. The molecule has 0 atom stereocenters. The lowest BCUT2D eigenvalue weighted by Gasteiger charge is -2.14. The van der Waals surface area contributed by atoms with E-state index < -0.39 is 0 Å². The number of rotatable bonds is 2. The lowest BCUT2D eigenvalue weighted by Crippen LogP contribution is -1.95. The SMILES string of the molecule is CCCc1c(C)c(C)cc2cc(C)c(C)cc12. The van der Waals surface area contributed by atoms with Crippen LogP contribution in [0.15, 0.2) is 18.2 Å². The highest BCUT2D eigenvalue weighted by Gasteiger charge is 2.08. The molecule has 0 fully saturated rings. The van der Waals surface area contributed by atoms with E-state index in [-0.39, 0.29) is 0 Å². The van der Waals surface area contributed by atoms with E-state index in [2.05, 4.69) is 52.8 Å². The molecule has 0 spiro atoms. The number of hydrogen-bond acceptors (Lipinski definition) is 0. The van der Waals surface area contributed by atoms with Crippen LogP contribution < -0.4 is 0 Å². The van der Waals surface area contributed by atoms with Crippen LogP contribution in [0.5, 0.6) is 0 Å². The third kappa shape index (κ3) is 2.09. The molecule has 0 aliphatic rings. The maximum absolute atomic E-state index is 2.36. The second-order valence-electron chi connectivity index (χ2n) is 5.20. The minimum atomic E-state index is 1.19. The molecular weight excluding hydrogens is 204 g/mol. The van der Waals surface area contributed by atoms with Gasteiger partial charge in [0.1, 0.15) is 0 Å². The topological polar surface area (TPSA) is 0 Å². The van der Waals surface area contributed by atoms with Crippen LogP contribution >= 0.6 is 0 Å². The van der Waals surface area contributed by atoms with Crippen molar-refractivity contribution in [3.05, 3.63) is 46.0 Å². The molecule has 0 nitrogen and oxygen atoms in total. The monoisotopic (exact) mass is 226 g/mol. The smallest absolute Gasteiger partial charge is 0.0146 e. The highest BCUT2D eigenvalue weighted by atomic mass is 14.1. The summed E-state index contributed by atoms with van der Waals surface area (Å²) in [5, 5.41) is 2.86. The van der Waals surface area contributed by atoms with Crippen molar-refractivity contribution < 1.29 is 0 Å². The third-order valence-corrected chi connectivity index (χ3v) is 3.91. The molecular formula is C17H22. The maximum atomic E-state index is 2.36. The summed E-state index contributed by atoms with van der Waals surface area (Å²) in [6, 6.07) is 7.02. The Morgan fingerprint density at radius 2 is 1.41 bits per heavy atom. The molecule has 90 valence electrons. The van der Waals surface area contributed by atoms with Crippen molar-refractivity contribution in [1.29, 1.82) is 0 Å². The Morgan fingerprint density at radius 3 is 2.06 bits per heavy atom. The van der Waals surface area contributed by atoms with Gasteiger partial charge in [-0.3, -0.25) is 0 Å². The quantitative estimate of drug-likeness (QED) is 0.674. The fourth-order valence-electron chi connectivity index (χ4n) is 2.57. The molecule has 0 saturated heterocycles. The van der Waals surface area contributed by atoms with E-state index in [1.807, 2.05) is 0 Å². The van der Waals surface area contributed by atoms with Crippen molar-refractivity contribution in [1.82, 2.24) is 0 Å². The molecule has 0 heterocycles. The molecule has 0 unspecified atom stereocenters. The fourth-order valence-corrected chi connectivity index (χ4v) is 2.57. The van der Waals surface area contributed by atoms with Crippen molar-refractivity contribution in [2.75, 3.05) is 0 Å². The van der Waals surface area contributed by atoms with Gasteiger partial charge in [-0.05, 0) is 72.7 Å². The molecule has 0 heteroatoms. The third-order valence-electron chi connectivity index (χ3n) is 3.91. The van der Waals surface area contributed by atoms with Crippen molar-refractivity contribution in [3.8, 4) is 0 Å². The summed E-state index contributed by atoms with van der Waals surface area (Å²) < 4.78 is 0. The van der Waals surface area contributed by atoms with Crippen LogP contribution in [0.25, 0.3) is 10.8 Å². The molecule has 17 heavy (non-hydrogen) atoms. The zero-order valence-corrected chi connectivity index (χ0v) is 11.6. The maximum Gasteiger partial charge on any atom is -0.0146 e. The highest BCUT2D eigenvalue weighted by molar-refractivity contribution is 5.89. The van der Waals surface area contributed by atoms with Gasteiger partial charge in [-0.1, -0.05) is 31.5 Å². The molecule has 0 bridgehead atoms. The first-order valence-corrected chi connectivity index (χ1v) is 6.54. The van der Waals surface area contributed by atoms with Crippen LogP contribution in [0, 0.1) is 27.7 Å². The Labute approximate surface area is 105 Å². The van der Waals surface area contributed by atoms with Crippen LogP contribution in [0.2, 0.25) is 0 Å². The number of hydrogen-bond donors (Lipinski definition) is 0. The molecule has 0 aromatic heterocycles. The van der Waals surface area contributed by atoms with E-state index in [4.69, 9.17) is 0 Å². The number of aryl methyl sites for hydroxylation is 4. The highest BCUT2D eigenvalue weighted by Crippen LogP contribution is 2.28. The standard InChI is InChI=1S/C17H22/c1-6-7-16-14(5)13(4)9-15-8-11(2)12(3)10-17(15)16/h8-10H,6-7H2,1-5H3. The van der Waals surface area contributed by atoms with Crippen molar-refractivity contribution >= 4 is 10.8 Å². The molecule has 0 saturated carbocycles. The summed E-state index contributed by atoms with van der Waals surface area (Å²) in [6.07, 6.45) is 2.40. The van der Waals surface area contributed by atoms with Gasteiger partial charge in [0.15, 0.2) is 0 Å². The largest absolute Gasteiger partial charge is 0.0651 e. The van der Waals surface area contributed by atoms with E-state index in [1.165, 1.54) is 45.9 Å². The summed E-state index contributed by atoms with van der Waals surface area (Å²) in [5.41, 5.74) is 7.23. The predicted octanol–water partition coefficient (Wildman–Crippen LogP) is 5.03. The van der Waals surface area contributed by atoms with Gasteiger partial charge in [-0.2, -0.15) is 0 Å². The van der Waals surface area contributed by atoms with Crippen LogP contribution in [0.3, 0.4) is 0 Å². The van der Waals surface area contributed by atoms with E-state index >= 15 is 0 Å². The minimum absolute atomic E-state index is 1.19. The Kier molecular flexibility index (Phi) is 3.24. The summed E-state index contributed by atoms with van der Waals surface area (Å²) in [6.45, 7) is 11.1. The summed E-state index contributed by atoms with van der Waals surface area (Å²) in [4.78, 5) is 0. The summed E-state index contributed by atoms with van der Waals surface area (Å²) >= 11 is 0. The fraction of sp³-hybridized carbons (Fsp3) is 0.412. The van der Waals surface area contributed by atoms with E-state index in [9.17, 15) is 0 Å².